The van der Waals surface area contributed by atoms with Crippen molar-refractivity contribution in [3.8, 4) is 11.5 Å². The minimum Gasteiger partial charge on any atom is -0.504 e. The van der Waals surface area contributed by atoms with E-state index in [4.69, 9.17) is 9.15 Å². The summed E-state index contributed by atoms with van der Waals surface area (Å²) in [6, 6.07) is 16.9. The van der Waals surface area contributed by atoms with Crippen LogP contribution in [0.2, 0.25) is 0 Å². The van der Waals surface area contributed by atoms with Gasteiger partial charge in [-0.15, -0.1) is 0 Å². The standard InChI is InChI=1S/C32H34N2O4/c1-33(28(36)12-7-22-14-18-37-20-22)25-10-9-24-26-19-23-8-11-27(35)30-29(23)32(24,31(25)38-30)15-17-34(26)16-13-21-5-3-2-4-6-21/h2-8,11-12,14,18,20,24-26,31,35H,9-10,13,15-17,19H2,1H3/b12-7+/t24-,25+,26+,31-,32-/m0/s1. The second kappa shape index (κ2) is 9.05. The number of hydrogen-bond acceptors (Lipinski definition) is 5. The molecule has 2 aromatic carbocycles. The van der Waals surface area contributed by atoms with Gasteiger partial charge in [-0.3, -0.25) is 9.69 Å². The first-order valence-corrected chi connectivity index (χ1v) is 13.8. The maximum atomic E-state index is 13.3. The van der Waals surface area contributed by atoms with Crippen LogP contribution in [0.4, 0.5) is 0 Å². The molecule has 3 heterocycles. The van der Waals surface area contributed by atoms with Crippen LogP contribution in [0.1, 0.15) is 41.5 Å². The highest BCUT2D eigenvalue weighted by Gasteiger charge is 2.66. The van der Waals surface area contributed by atoms with Crippen LogP contribution in [0.15, 0.2) is 71.6 Å². The normalized spacial score (nSPS) is 29.2. The highest BCUT2D eigenvalue weighted by molar-refractivity contribution is 5.91. The number of amides is 1. The molecule has 2 fully saturated rings. The van der Waals surface area contributed by atoms with Gasteiger partial charge >= 0.3 is 0 Å². The molecule has 1 spiro atoms. The van der Waals surface area contributed by atoms with Crippen LogP contribution in [0.5, 0.6) is 11.5 Å². The third-order valence-electron chi connectivity index (χ3n) is 9.74. The molecular weight excluding hydrogens is 476 g/mol. The minimum atomic E-state index is -0.165. The number of likely N-dealkylation sites (tertiary alicyclic amines) is 1. The van der Waals surface area contributed by atoms with Gasteiger partial charge in [-0.25, -0.2) is 0 Å². The summed E-state index contributed by atoms with van der Waals surface area (Å²) in [5.74, 6) is 1.30. The van der Waals surface area contributed by atoms with Crippen molar-refractivity contribution in [2.24, 2.45) is 5.92 Å². The average Bonchev–Trinajstić information content (AvgIpc) is 3.58. The fourth-order valence-corrected chi connectivity index (χ4v) is 8.01. The number of likely N-dealkylation sites (N-methyl/N-ethyl adjacent to an activating group) is 1. The molecule has 6 nitrogen and oxygen atoms in total. The van der Waals surface area contributed by atoms with Crippen molar-refractivity contribution in [3.05, 3.63) is 89.4 Å². The fourth-order valence-electron chi connectivity index (χ4n) is 8.01. The van der Waals surface area contributed by atoms with Crippen molar-refractivity contribution in [3.63, 3.8) is 0 Å². The van der Waals surface area contributed by atoms with E-state index in [0.29, 0.717) is 17.7 Å². The lowest BCUT2D eigenvalue weighted by atomic mass is 9.51. The minimum absolute atomic E-state index is 0.0392. The fraction of sp³-hybridized carbons (Fsp3) is 0.406. The molecule has 0 unspecified atom stereocenters. The molecular formula is C32H34N2O4. The highest BCUT2D eigenvalue weighted by atomic mass is 16.5. The first kappa shape index (κ1) is 23.6. The van der Waals surface area contributed by atoms with E-state index in [1.807, 2.05) is 18.0 Å². The maximum Gasteiger partial charge on any atom is 0.246 e. The number of ether oxygens (including phenoxy) is 1. The predicted octanol–water partition coefficient (Wildman–Crippen LogP) is 4.81. The number of benzene rings is 2. The van der Waals surface area contributed by atoms with Gasteiger partial charge in [-0.1, -0.05) is 36.4 Å². The van der Waals surface area contributed by atoms with E-state index < -0.39 is 0 Å². The number of carbonyl (C=O) groups excluding carboxylic acids is 1. The zero-order valence-corrected chi connectivity index (χ0v) is 21.8. The zero-order chi connectivity index (χ0) is 25.9. The molecule has 1 N–H and O–H groups in total. The first-order valence-electron chi connectivity index (χ1n) is 13.8. The maximum absolute atomic E-state index is 13.3. The summed E-state index contributed by atoms with van der Waals surface area (Å²) in [6.45, 7) is 2.06. The second-order valence-corrected chi connectivity index (χ2v) is 11.4. The molecule has 1 saturated heterocycles. The largest absolute Gasteiger partial charge is 0.504 e. The van der Waals surface area contributed by atoms with E-state index in [-0.39, 0.29) is 29.2 Å². The Morgan fingerprint density at radius 1 is 1.18 bits per heavy atom. The third-order valence-corrected chi connectivity index (χ3v) is 9.74. The van der Waals surface area contributed by atoms with E-state index in [2.05, 4.69) is 41.3 Å². The van der Waals surface area contributed by atoms with Gasteiger partial charge in [-0.2, -0.15) is 0 Å². The topological polar surface area (TPSA) is 66.2 Å². The van der Waals surface area contributed by atoms with E-state index in [1.54, 1.807) is 30.7 Å². The summed E-state index contributed by atoms with van der Waals surface area (Å²) >= 11 is 0. The summed E-state index contributed by atoms with van der Waals surface area (Å²) in [6.07, 6.45) is 11.5. The Kier molecular flexibility index (Phi) is 5.62. The van der Waals surface area contributed by atoms with Crippen LogP contribution in [0.25, 0.3) is 6.08 Å². The lowest BCUT2D eigenvalue weighted by Gasteiger charge is -2.60. The molecule has 2 aliphatic heterocycles. The summed E-state index contributed by atoms with van der Waals surface area (Å²) in [5.41, 5.74) is 4.62. The Hall–Kier alpha value is -3.51. The molecule has 1 saturated carbocycles. The van der Waals surface area contributed by atoms with Gasteiger partial charge in [0.15, 0.2) is 11.5 Å². The smallest absolute Gasteiger partial charge is 0.246 e. The number of phenolic OH excluding ortho intramolecular Hbond substituents is 1. The SMILES string of the molecule is CN(C(=O)/C=C/c1ccoc1)[C@@H]1CC[C@H]2[C@H]3Cc4ccc(O)c5c4[C@@]2(CCN3CCc2ccccc2)[C@H]1O5. The van der Waals surface area contributed by atoms with Gasteiger partial charge in [0, 0.05) is 42.3 Å². The Morgan fingerprint density at radius 2 is 2.05 bits per heavy atom. The number of rotatable bonds is 6. The van der Waals surface area contributed by atoms with Crippen molar-refractivity contribution in [1.29, 1.82) is 0 Å². The summed E-state index contributed by atoms with van der Waals surface area (Å²) < 4.78 is 11.8. The summed E-state index contributed by atoms with van der Waals surface area (Å²) in [5, 5.41) is 10.9. The number of aromatic hydroxyl groups is 1. The molecule has 4 aliphatic rings. The number of furan rings is 1. The van der Waals surface area contributed by atoms with Crippen molar-refractivity contribution >= 4 is 12.0 Å². The second-order valence-electron chi connectivity index (χ2n) is 11.4. The zero-order valence-electron chi connectivity index (χ0n) is 21.8. The molecule has 2 aliphatic carbocycles. The van der Waals surface area contributed by atoms with E-state index >= 15 is 0 Å². The van der Waals surface area contributed by atoms with Gasteiger partial charge in [-0.05, 0) is 73.9 Å². The van der Waals surface area contributed by atoms with Gasteiger partial charge in [0.2, 0.25) is 5.91 Å². The molecule has 1 amide bonds. The van der Waals surface area contributed by atoms with Gasteiger partial charge < -0.3 is 19.2 Å². The number of piperidine rings is 1. The lowest BCUT2D eigenvalue weighted by molar-refractivity contribution is -0.135. The third kappa shape index (κ3) is 3.53. The quantitative estimate of drug-likeness (QED) is 0.483. The molecule has 0 radical (unpaired) electrons. The molecule has 1 aromatic heterocycles. The first-order chi connectivity index (χ1) is 18.6. The Balaban J connectivity index is 1.20. The van der Waals surface area contributed by atoms with Gasteiger partial charge in [0.05, 0.1) is 18.6 Å². The summed E-state index contributed by atoms with van der Waals surface area (Å²) in [7, 11) is 1.89. The molecule has 38 heavy (non-hydrogen) atoms. The molecule has 6 heteroatoms. The average molecular weight is 511 g/mol. The van der Waals surface area contributed by atoms with Gasteiger partial charge in [0.1, 0.15) is 6.10 Å². The number of carbonyl (C=O) groups is 1. The van der Waals surface area contributed by atoms with Gasteiger partial charge in [0.25, 0.3) is 0 Å². The molecule has 196 valence electrons. The molecule has 2 bridgehead atoms. The van der Waals surface area contributed by atoms with Crippen LogP contribution < -0.4 is 4.74 Å². The molecule has 7 rings (SSSR count). The lowest BCUT2D eigenvalue weighted by Crippen LogP contribution is -2.69. The molecule has 3 aromatic rings. The number of hydrogen-bond donors (Lipinski definition) is 1. The Labute approximate surface area is 223 Å². The molecule has 5 atom stereocenters. The summed E-state index contributed by atoms with van der Waals surface area (Å²) in [4.78, 5) is 17.8. The van der Waals surface area contributed by atoms with Crippen LogP contribution >= 0.6 is 0 Å². The monoisotopic (exact) mass is 510 g/mol. The Bertz CT molecular complexity index is 1370. The van der Waals surface area contributed by atoms with Crippen LogP contribution in [-0.4, -0.2) is 59.1 Å². The van der Waals surface area contributed by atoms with Crippen molar-refractivity contribution < 1.29 is 19.1 Å². The van der Waals surface area contributed by atoms with E-state index in [0.717, 1.165) is 50.8 Å². The van der Waals surface area contributed by atoms with Crippen molar-refractivity contribution in [2.75, 3.05) is 20.1 Å². The van der Waals surface area contributed by atoms with Crippen molar-refractivity contribution in [2.45, 2.75) is 55.7 Å². The highest BCUT2D eigenvalue weighted by Crippen LogP contribution is 2.64. The number of nitrogens with zero attached hydrogens (tertiary/aromatic N) is 2. The van der Waals surface area contributed by atoms with E-state index in [9.17, 15) is 9.90 Å². The predicted molar refractivity (Wildman–Crippen MR) is 145 cm³/mol. The Morgan fingerprint density at radius 3 is 2.87 bits per heavy atom. The number of phenols is 1. The van der Waals surface area contributed by atoms with Crippen molar-refractivity contribution in [1.82, 2.24) is 9.80 Å². The van der Waals surface area contributed by atoms with E-state index in [1.165, 1.54) is 16.7 Å². The van der Waals surface area contributed by atoms with Crippen LogP contribution in [0, 0.1) is 5.92 Å². The van der Waals surface area contributed by atoms with Crippen LogP contribution in [-0.2, 0) is 23.1 Å². The van der Waals surface area contributed by atoms with Crippen LogP contribution in [0.3, 0.4) is 0 Å².